The molecule has 0 N–H and O–H groups in total. The number of rotatable bonds is 4. The van der Waals surface area contributed by atoms with Gasteiger partial charge in [0.1, 0.15) is 11.5 Å². The molecule has 3 heteroatoms. The van der Waals surface area contributed by atoms with Gasteiger partial charge in [-0.3, -0.25) is 0 Å². The van der Waals surface area contributed by atoms with Gasteiger partial charge in [0.15, 0.2) is 0 Å². The molecule has 0 fully saturated rings. The minimum absolute atomic E-state index is 0.875. The van der Waals surface area contributed by atoms with E-state index in [0.29, 0.717) is 0 Å². The zero-order valence-electron chi connectivity index (χ0n) is 29.8. The first-order valence-corrected chi connectivity index (χ1v) is 18.8. The Morgan fingerprint density at radius 3 is 1.75 bits per heavy atom. The fourth-order valence-corrected chi connectivity index (χ4v) is 9.07. The van der Waals surface area contributed by atoms with Crippen LogP contribution in [0.2, 0.25) is 0 Å². The van der Waals surface area contributed by atoms with Crippen LogP contribution in [0, 0.1) is 0 Å². The largest absolute Gasteiger partial charge is 0.456 e. The van der Waals surface area contributed by atoms with Crippen molar-refractivity contribution in [1.82, 2.24) is 9.13 Å². The highest BCUT2D eigenvalue weighted by Gasteiger charge is 2.25. The topological polar surface area (TPSA) is 19.1 Å². The van der Waals surface area contributed by atoms with Gasteiger partial charge in [-0.2, -0.15) is 0 Å². The second-order valence-corrected chi connectivity index (χ2v) is 14.5. The lowest BCUT2D eigenvalue weighted by molar-refractivity contribution is 0.487. The molecule has 0 saturated heterocycles. The van der Waals surface area contributed by atoms with Crippen molar-refractivity contribution in [2.45, 2.75) is 0 Å². The van der Waals surface area contributed by atoms with E-state index in [4.69, 9.17) is 4.74 Å². The molecule has 0 amide bonds. The number of ether oxygens (including phenoxy) is 1. The van der Waals surface area contributed by atoms with Gasteiger partial charge in [0.2, 0.25) is 0 Å². The summed E-state index contributed by atoms with van der Waals surface area (Å²) in [4.78, 5) is 0. The summed E-state index contributed by atoms with van der Waals surface area (Å²) in [5, 5.41) is 7.33. The Bertz CT molecular complexity index is 3330. The fraction of sp³-hybridized carbons (Fsp3) is 0. The van der Waals surface area contributed by atoms with Crippen LogP contribution in [-0.2, 0) is 0 Å². The van der Waals surface area contributed by atoms with Crippen molar-refractivity contribution in [3.8, 4) is 56.3 Å². The lowest BCUT2D eigenvalue weighted by atomic mass is 9.90. The van der Waals surface area contributed by atoms with Gasteiger partial charge in [-0.25, -0.2) is 0 Å². The summed E-state index contributed by atoms with van der Waals surface area (Å²) in [6.45, 7) is 0. The number of fused-ring (bicyclic) bond motifs is 9. The van der Waals surface area contributed by atoms with E-state index in [1.165, 1.54) is 65.7 Å². The quantitative estimate of drug-likeness (QED) is 0.179. The van der Waals surface area contributed by atoms with Crippen molar-refractivity contribution >= 4 is 54.4 Å². The van der Waals surface area contributed by atoms with E-state index in [0.717, 1.165) is 45.0 Å². The molecule has 0 radical (unpaired) electrons. The Labute approximate surface area is 317 Å². The first kappa shape index (κ1) is 30.1. The summed E-state index contributed by atoms with van der Waals surface area (Å²) in [5.41, 5.74) is 14.1. The first-order valence-electron chi connectivity index (χ1n) is 18.8. The lowest BCUT2D eigenvalue weighted by Crippen LogP contribution is -1.99. The average molecular weight is 701 g/mol. The van der Waals surface area contributed by atoms with Gasteiger partial charge in [0.25, 0.3) is 0 Å². The summed E-state index contributed by atoms with van der Waals surface area (Å²) < 4.78 is 11.6. The van der Waals surface area contributed by atoms with Gasteiger partial charge in [-0.05, 0) is 106 Å². The van der Waals surface area contributed by atoms with Crippen LogP contribution in [0.4, 0.5) is 0 Å². The van der Waals surface area contributed by atoms with Gasteiger partial charge in [-0.1, -0.05) is 121 Å². The smallest absolute Gasteiger partial charge is 0.135 e. The highest BCUT2D eigenvalue weighted by molar-refractivity contribution is 6.26. The molecule has 11 aromatic rings. The third kappa shape index (κ3) is 4.44. The van der Waals surface area contributed by atoms with Gasteiger partial charge in [-0.15, -0.1) is 0 Å². The van der Waals surface area contributed by atoms with Crippen molar-refractivity contribution in [3.05, 3.63) is 194 Å². The number of hydrogen-bond donors (Lipinski definition) is 0. The number of benzene rings is 9. The molecule has 0 saturated carbocycles. The molecule has 1 aliphatic heterocycles. The number of aromatic nitrogens is 2. The van der Waals surface area contributed by atoms with E-state index in [1.54, 1.807) is 0 Å². The third-order valence-corrected chi connectivity index (χ3v) is 11.5. The molecule has 0 atom stereocenters. The molecule has 9 aromatic carbocycles. The van der Waals surface area contributed by atoms with E-state index in [2.05, 4.69) is 203 Å². The third-order valence-electron chi connectivity index (χ3n) is 11.5. The van der Waals surface area contributed by atoms with Gasteiger partial charge in [0.05, 0.1) is 22.1 Å². The molecule has 0 spiro atoms. The highest BCUT2D eigenvalue weighted by atomic mass is 16.5. The Hall–Kier alpha value is -7.36. The van der Waals surface area contributed by atoms with Crippen molar-refractivity contribution in [2.24, 2.45) is 0 Å². The van der Waals surface area contributed by atoms with Crippen LogP contribution in [0.15, 0.2) is 194 Å². The highest BCUT2D eigenvalue weighted by Crippen LogP contribution is 2.51. The molecule has 0 unspecified atom stereocenters. The zero-order chi connectivity index (χ0) is 36.0. The molecule has 256 valence electrons. The molecule has 12 rings (SSSR count). The molecule has 0 aliphatic carbocycles. The summed E-state index contributed by atoms with van der Waals surface area (Å²) in [5.74, 6) is 1.77. The first-order chi connectivity index (χ1) is 27.3. The molecule has 3 nitrogen and oxygen atoms in total. The fourth-order valence-electron chi connectivity index (χ4n) is 9.07. The summed E-state index contributed by atoms with van der Waals surface area (Å²) >= 11 is 0. The zero-order valence-corrected chi connectivity index (χ0v) is 29.8. The monoisotopic (exact) mass is 700 g/mol. The molecule has 55 heavy (non-hydrogen) atoms. The Morgan fingerprint density at radius 1 is 0.291 bits per heavy atom. The van der Waals surface area contributed by atoms with Gasteiger partial charge < -0.3 is 13.9 Å². The SMILES string of the molecule is c1ccc(-c2cccc(-n3c4ccccc4c4cc(-c5ccc6c(c5)Oc5cccc7c5c-6cc5c7c6ccccc6n5-c5ccccc5)ccc43)c2)cc1. The maximum Gasteiger partial charge on any atom is 0.135 e. The standard InChI is InChI=1S/C52H32N2O/c1-3-13-33(14-4-1)34-15-11-18-38(29-34)54-45-22-9-7-19-39(45)43-30-35(26-28-47(43)54)36-25-27-40-44-32-48-51(42-21-12-24-49(52(42)44)55-50(40)31-36)41-20-8-10-23-46(41)53(48)37-16-5-2-6-17-37/h1-32H. The van der Waals surface area contributed by atoms with Crippen LogP contribution in [0.5, 0.6) is 11.5 Å². The maximum absolute atomic E-state index is 6.82. The minimum Gasteiger partial charge on any atom is -0.456 e. The molecular weight excluding hydrogens is 669 g/mol. The second kappa shape index (κ2) is 11.6. The summed E-state index contributed by atoms with van der Waals surface area (Å²) in [6.07, 6.45) is 0. The maximum atomic E-state index is 6.82. The van der Waals surface area contributed by atoms with E-state index in [1.807, 2.05) is 0 Å². The second-order valence-electron chi connectivity index (χ2n) is 14.5. The van der Waals surface area contributed by atoms with Crippen molar-refractivity contribution in [1.29, 1.82) is 0 Å². The van der Waals surface area contributed by atoms with Crippen molar-refractivity contribution < 1.29 is 4.74 Å². The van der Waals surface area contributed by atoms with Crippen molar-refractivity contribution in [2.75, 3.05) is 0 Å². The Kier molecular flexibility index (Phi) is 6.34. The van der Waals surface area contributed by atoms with Crippen LogP contribution in [0.3, 0.4) is 0 Å². The summed E-state index contributed by atoms with van der Waals surface area (Å²) in [6, 6.07) is 70.1. The van der Waals surface area contributed by atoms with E-state index >= 15 is 0 Å². The molecular formula is C52H32N2O. The number of nitrogens with zero attached hydrogens (tertiary/aromatic N) is 2. The van der Waals surface area contributed by atoms with Crippen LogP contribution in [-0.4, -0.2) is 9.13 Å². The average Bonchev–Trinajstić information content (AvgIpc) is 3.77. The predicted molar refractivity (Wildman–Crippen MR) is 229 cm³/mol. The van der Waals surface area contributed by atoms with Gasteiger partial charge in [0, 0.05) is 43.9 Å². The molecule has 1 aliphatic rings. The van der Waals surface area contributed by atoms with Crippen LogP contribution in [0.25, 0.3) is 99.1 Å². The molecule has 0 bridgehead atoms. The number of hydrogen-bond acceptors (Lipinski definition) is 1. The minimum atomic E-state index is 0.875. The van der Waals surface area contributed by atoms with Crippen LogP contribution >= 0.6 is 0 Å². The predicted octanol–water partition coefficient (Wildman–Crippen LogP) is 14.1. The van der Waals surface area contributed by atoms with E-state index in [-0.39, 0.29) is 0 Å². The number of para-hydroxylation sites is 3. The van der Waals surface area contributed by atoms with Crippen LogP contribution < -0.4 is 4.74 Å². The summed E-state index contributed by atoms with van der Waals surface area (Å²) in [7, 11) is 0. The molecule has 3 heterocycles. The normalized spacial score (nSPS) is 12.1. The Balaban J connectivity index is 1.02. The van der Waals surface area contributed by atoms with Crippen molar-refractivity contribution in [3.63, 3.8) is 0 Å². The van der Waals surface area contributed by atoms with E-state index in [9.17, 15) is 0 Å². The Morgan fingerprint density at radius 2 is 0.891 bits per heavy atom. The van der Waals surface area contributed by atoms with Crippen LogP contribution in [0.1, 0.15) is 0 Å². The van der Waals surface area contributed by atoms with Gasteiger partial charge >= 0.3 is 0 Å². The molecule has 2 aromatic heterocycles. The van der Waals surface area contributed by atoms with E-state index < -0.39 is 0 Å². The lowest BCUT2D eigenvalue weighted by Gasteiger charge is -2.23.